The Hall–Kier alpha value is -2.58. The maximum atomic E-state index is 12.3. The van der Waals surface area contributed by atoms with Gasteiger partial charge in [-0.2, -0.15) is 0 Å². The zero-order valence-corrected chi connectivity index (χ0v) is 16.0. The number of carbonyl (C=O) groups is 1. The highest BCUT2D eigenvalue weighted by atomic mass is 32.2. The Balaban J connectivity index is 1.59. The Kier molecular flexibility index (Phi) is 5.67. The summed E-state index contributed by atoms with van der Waals surface area (Å²) in [7, 11) is -3.76. The summed E-state index contributed by atoms with van der Waals surface area (Å²) in [4.78, 5) is 12.2. The number of nitrogens with one attached hydrogen (secondary N) is 2. The Morgan fingerprint density at radius 3 is 2.37 bits per heavy atom. The van der Waals surface area contributed by atoms with Crippen molar-refractivity contribution < 1.29 is 22.7 Å². The molecule has 2 aromatic rings. The fourth-order valence-corrected chi connectivity index (χ4v) is 3.58. The third-order valence-electron chi connectivity index (χ3n) is 4.11. The van der Waals surface area contributed by atoms with E-state index < -0.39 is 15.9 Å². The molecule has 1 heterocycles. The lowest BCUT2D eigenvalue weighted by molar-refractivity contribution is -0.115. The van der Waals surface area contributed by atoms with Crippen LogP contribution in [0.15, 0.2) is 47.4 Å². The number of benzene rings is 2. The molecule has 0 aliphatic carbocycles. The molecule has 144 valence electrons. The van der Waals surface area contributed by atoms with E-state index in [-0.39, 0.29) is 11.4 Å². The molecule has 27 heavy (non-hydrogen) atoms. The minimum absolute atomic E-state index is 0.124. The van der Waals surface area contributed by atoms with Crippen molar-refractivity contribution in [2.45, 2.75) is 24.7 Å². The van der Waals surface area contributed by atoms with Gasteiger partial charge in [0.1, 0.15) is 13.2 Å². The van der Waals surface area contributed by atoms with Crippen LogP contribution in [0, 0.1) is 0 Å². The summed E-state index contributed by atoms with van der Waals surface area (Å²) < 4.78 is 37.9. The highest BCUT2D eigenvalue weighted by Crippen LogP contribution is 2.32. The van der Waals surface area contributed by atoms with Gasteiger partial charge in [0.25, 0.3) is 0 Å². The number of sulfonamides is 1. The lowest BCUT2D eigenvalue weighted by Gasteiger charge is -2.19. The van der Waals surface area contributed by atoms with Crippen molar-refractivity contribution in [2.75, 3.05) is 25.1 Å². The summed E-state index contributed by atoms with van der Waals surface area (Å²) in [6.45, 7) is 4.62. The molecule has 0 saturated carbocycles. The largest absolute Gasteiger partial charge is 0.486 e. The zero-order chi connectivity index (χ0) is 19.4. The average molecular weight is 390 g/mol. The standard InChI is InChI=1S/C19H22N2O5S/c1-13(2)14-3-6-16(7-4-14)27(23,24)20-12-19(22)21-15-5-8-17-18(11-15)26-10-9-25-17/h3-8,11,13,20H,9-10,12H2,1-2H3,(H,21,22). The van der Waals surface area contributed by atoms with Crippen molar-refractivity contribution in [3.63, 3.8) is 0 Å². The predicted molar refractivity (Wildman–Crippen MR) is 102 cm³/mol. The molecule has 0 saturated heterocycles. The van der Waals surface area contributed by atoms with Crippen LogP contribution in [0.3, 0.4) is 0 Å². The number of hydrogen-bond donors (Lipinski definition) is 2. The van der Waals surface area contributed by atoms with Crippen LogP contribution in [-0.2, 0) is 14.8 Å². The van der Waals surface area contributed by atoms with Crippen molar-refractivity contribution in [3.05, 3.63) is 48.0 Å². The molecule has 2 N–H and O–H groups in total. The topological polar surface area (TPSA) is 93.7 Å². The molecule has 1 aliphatic heterocycles. The quantitative estimate of drug-likeness (QED) is 0.790. The monoisotopic (exact) mass is 390 g/mol. The molecule has 1 aliphatic rings. The maximum Gasteiger partial charge on any atom is 0.241 e. The van der Waals surface area contributed by atoms with Gasteiger partial charge in [0.05, 0.1) is 11.4 Å². The van der Waals surface area contributed by atoms with Crippen LogP contribution in [0.2, 0.25) is 0 Å². The molecule has 0 fully saturated rings. The minimum atomic E-state index is -3.76. The third-order valence-corrected chi connectivity index (χ3v) is 5.52. The molecule has 0 atom stereocenters. The van der Waals surface area contributed by atoms with Crippen LogP contribution in [0.25, 0.3) is 0 Å². The van der Waals surface area contributed by atoms with Gasteiger partial charge in [-0.05, 0) is 35.7 Å². The van der Waals surface area contributed by atoms with E-state index >= 15 is 0 Å². The average Bonchev–Trinajstić information content (AvgIpc) is 2.66. The van der Waals surface area contributed by atoms with E-state index in [1.807, 2.05) is 13.8 Å². The molecule has 2 aromatic carbocycles. The number of amides is 1. The van der Waals surface area contributed by atoms with E-state index in [0.717, 1.165) is 5.56 Å². The molecule has 0 aromatic heterocycles. The second-order valence-corrected chi connectivity index (χ2v) is 8.22. The van der Waals surface area contributed by atoms with Gasteiger partial charge < -0.3 is 14.8 Å². The molecule has 0 radical (unpaired) electrons. The van der Waals surface area contributed by atoms with Gasteiger partial charge in [-0.25, -0.2) is 13.1 Å². The molecule has 3 rings (SSSR count). The second kappa shape index (κ2) is 7.98. The van der Waals surface area contributed by atoms with Gasteiger partial charge >= 0.3 is 0 Å². The van der Waals surface area contributed by atoms with Crippen molar-refractivity contribution in [2.24, 2.45) is 0 Å². The van der Waals surface area contributed by atoms with E-state index in [1.54, 1.807) is 30.3 Å². The van der Waals surface area contributed by atoms with Crippen LogP contribution in [0.5, 0.6) is 11.5 Å². The Morgan fingerprint density at radius 2 is 1.70 bits per heavy atom. The Labute approximate surface area is 158 Å². The van der Waals surface area contributed by atoms with Gasteiger partial charge in [0, 0.05) is 11.8 Å². The van der Waals surface area contributed by atoms with E-state index in [4.69, 9.17) is 9.47 Å². The van der Waals surface area contributed by atoms with Gasteiger partial charge in [-0.3, -0.25) is 4.79 Å². The summed E-state index contributed by atoms with van der Waals surface area (Å²) in [5.41, 5.74) is 1.55. The summed E-state index contributed by atoms with van der Waals surface area (Å²) >= 11 is 0. The lowest BCUT2D eigenvalue weighted by Crippen LogP contribution is -2.32. The van der Waals surface area contributed by atoms with Crippen LogP contribution in [0.4, 0.5) is 5.69 Å². The minimum Gasteiger partial charge on any atom is -0.486 e. The molecule has 7 nitrogen and oxygen atoms in total. The van der Waals surface area contributed by atoms with Crippen molar-refractivity contribution in [1.29, 1.82) is 0 Å². The molecular weight excluding hydrogens is 368 g/mol. The third kappa shape index (κ3) is 4.78. The first kappa shape index (κ1) is 19.2. The molecular formula is C19H22N2O5S. The van der Waals surface area contributed by atoms with E-state index in [9.17, 15) is 13.2 Å². The number of rotatable bonds is 6. The first-order chi connectivity index (χ1) is 12.8. The van der Waals surface area contributed by atoms with Crippen LogP contribution in [-0.4, -0.2) is 34.1 Å². The van der Waals surface area contributed by atoms with E-state index in [0.29, 0.717) is 36.3 Å². The van der Waals surface area contributed by atoms with E-state index in [1.165, 1.54) is 12.1 Å². The van der Waals surface area contributed by atoms with Crippen LogP contribution < -0.4 is 19.5 Å². The fourth-order valence-electron chi connectivity index (χ4n) is 2.60. The van der Waals surface area contributed by atoms with E-state index in [2.05, 4.69) is 10.0 Å². The highest BCUT2D eigenvalue weighted by Gasteiger charge is 2.17. The van der Waals surface area contributed by atoms with Gasteiger partial charge in [0.15, 0.2) is 11.5 Å². The normalized spacial score (nSPS) is 13.4. The van der Waals surface area contributed by atoms with Gasteiger partial charge in [-0.1, -0.05) is 26.0 Å². The van der Waals surface area contributed by atoms with Crippen molar-refractivity contribution >= 4 is 21.6 Å². The Morgan fingerprint density at radius 1 is 1.04 bits per heavy atom. The lowest BCUT2D eigenvalue weighted by atomic mass is 10.0. The van der Waals surface area contributed by atoms with Crippen LogP contribution >= 0.6 is 0 Å². The van der Waals surface area contributed by atoms with Crippen molar-refractivity contribution in [1.82, 2.24) is 4.72 Å². The fraction of sp³-hybridized carbons (Fsp3) is 0.316. The van der Waals surface area contributed by atoms with Crippen LogP contribution in [0.1, 0.15) is 25.3 Å². The zero-order valence-electron chi connectivity index (χ0n) is 15.2. The molecule has 0 bridgehead atoms. The van der Waals surface area contributed by atoms with Crippen molar-refractivity contribution in [3.8, 4) is 11.5 Å². The summed E-state index contributed by atoms with van der Waals surface area (Å²) in [6, 6.07) is 11.6. The number of ether oxygens (including phenoxy) is 2. The summed E-state index contributed by atoms with van der Waals surface area (Å²) in [6.07, 6.45) is 0. The number of hydrogen-bond acceptors (Lipinski definition) is 5. The molecule has 1 amide bonds. The number of carbonyl (C=O) groups excluding carboxylic acids is 1. The Bertz CT molecular complexity index is 924. The number of anilines is 1. The second-order valence-electron chi connectivity index (χ2n) is 6.45. The highest BCUT2D eigenvalue weighted by molar-refractivity contribution is 7.89. The smallest absolute Gasteiger partial charge is 0.241 e. The van der Waals surface area contributed by atoms with Gasteiger partial charge in [-0.15, -0.1) is 0 Å². The number of fused-ring (bicyclic) bond motifs is 1. The SMILES string of the molecule is CC(C)c1ccc(S(=O)(=O)NCC(=O)Nc2ccc3c(c2)OCCO3)cc1. The van der Waals surface area contributed by atoms with Gasteiger partial charge in [0.2, 0.25) is 15.9 Å². The summed E-state index contributed by atoms with van der Waals surface area (Å²) in [5.74, 6) is 0.996. The molecule has 0 spiro atoms. The maximum absolute atomic E-state index is 12.3. The first-order valence-electron chi connectivity index (χ1n) is 8.64. The molecule has 8 heteroatoms. The summed E-state index contributed by atoms with van der Waals surface area (Å²) in [5, 5.41) is 2.64. The predicted octanol–water partition coefficient (Wildman–Crippen LogP) is 2.50. The molecule has 0 unspecified atom stereocenters. The first-order valence-corrected chi connectivity index (χ1v) is 10.1.